The molecule has 0 radical (unpaired) electrons. The van der Waals surface area contributed by atoms with E-state index >= 15 is 0 Å². The van der Waals surface area contributed by atoms with Gasteiger partial charge in [0.15, 0.2) is 10.9 Å². The number of rotatable bonds is 5. The van der Waals surface area contributed by atoms with E-state index in [2.05, 4.69) is 10.6 Å². The van der Waals surface area contributed by atoms with Crippen LogP contribution in [0.2, 0.25) is 0 Å². The maximum atomic E-state index is 12.3. The fourth-order valence-electron chi connectivity index (χ4n) is 2.52. The van der Waals surface area contributed by atoms with Gasteiger partial charge in [0.1, 0.15) is 5.75 Å². The summed E-state index contributed by atoms with van der Waals surface area (Å²) < 4.78 is 5.98. The van der Waals surface area contributed by atoms with Crippen LogP contribution >= 0.6 is 12.2 Å². The lowest BCUT2D eigenvalue weighted by molar-refractivity contribution is 0.0977. The monoisotopic (exact) mass is 391 g/mol. The number of anilines is 2. The minimum Gasteiger partial charge on any atom is -0.455 e. The van der Waals surface area contributed by atoms with Crippen LogP contribution < -0.4 is 20.3 Å². The number of amides is 1. The highest BCUT2D eigenvalue weighted by Gasteiger charge is 2.12. The molecule has 0 aromatic heterocycles. The molecule has 3 aromatic rings. The van der Waals surface area contributed by atoms with Gasteiger partial charge < -0.3 is 15.0 Å². The molecule has 0 spiro atoms. The van der Waals surface area contributed by atoms with Crippen molar-refractivity contribution in [2.75, 3.05) is 24.3 Å². The van der Waals surface area contributed by atoms with Crippen molar-refractivity contribution in [3.05, 3.63) is 84.4 Å². The highest BCUT2D eigenvalue weighted by molar-refractivity contribution is 7.80. The summed E-state index contributed by atoms with van der Waals surface area (Å²) in [6.07, 6.45) is 0. The van der Waals surface area contributed by atoms with Crippen LogP contribution in [0.4, 0.5) is 11.4 Å². The van der Waals surface area contributed by atoms with Crippen LogP contribution in [0.5, 0.6) is 11.5 Å². The van der Waals surface area contributed by atoms with Gasteiger partial charge in [0.2, 0.25) is 0 Å². The van der Waals surface area contributed by atoms with E-state index in [-0.39, 0.29) is 11.0 Å². The molecule has 1 amide bonds. The molecule has 0 aliphatic carbocycles. The molecule has 3 rings (SSSR count). The average molecular weight is 391 g/mol. The van der Waals surface area contributed by atoms with E-state index in [1.807, 2.05) is 73.6 Å². The van der Waals surface area contributed by atoms with E-state index in [0.717, 1.165) is 5.69 Å². The molecule has 0 aliphatic heterocycles. The quantitative estimate of drug-likeness (QED) is 0.619. The van der Waals surface area contributed by atoms with Crippen molar-refractivity contribution in [2.45, 2.75) is 0 Å². The number of carbonyl (C=O) groups is 1. The molecule has 2 N–H and O–H groups in total. The minimum atomic E-state index is -0.271. The predicted octanol–water partition coefficient (Wildman–Crippen LogP) is 4.67. The lowest BCUT2D eigenvalue weighted by Crippen LogP contribution is -2.34. The van der Waals surface area contributed by atoms with Crippen molar-refractivity contribution < 1.29 is 9.53 Å². The van der Waals surface area contributed by atoms with Gasteiger partial charge in [-0.05, 0) is 54.7 Å². The molecule has 0 aliphatic rings. The van der Waals surface area contributed by atoms with E-state index in [1.165, 1.54) is 0 Å². The first-order valence-corrected chi connectivity index (χ1v) is 9.15. The highest BCUT2D eigenvalue weighted by atomic mass is 32.1. The van der Waals surface area contributed by atoms with E-state index in [4.69, 9.17) is 17.0 Å². The first kappa shape index (κ1) is 19.4. The van der Waals surface area contributed by atoms with Crippen molar-refractivity contribution in [1.29, 1.82) is 0 Å². The number of hydrogen-bond donors (Lipinski definition) is 2. The van der Waals surface area contributed by atoms with Crippen LogP contribution in [0.3, 0.4) is 0 Å². The first-order chi connectivity index (χ1) is 13.5. The third-order valence-electron chi connectivity index (χ3n) is 3.96. The molecule has 0 unspecified atom stereocenters. The fourth-order valence-corrected chi connectivity index (χ4v) is 2.72. The Morgan fingerprint density at radius 2 is 1.57 bits per heavy atom. The van der Waals surface area contributed by atoms with Crippen LogP contribution in [0.1, 0.15) is 10.4 Å². The smallest absolute Gasteiger partial charge is 0.257 e. The lowest BCUT2D eigenvalue weighted by Gasteiger charge is -2.18. The summed E-state index contributed by atoms with van der Waals surface area (Å²) in [5.41, 5.74) is 2.17. The van der Waals surface area contributed by atoms with Gasteiger partial charge in [-0.1, -0.05) is 36.4 Å². The van der Waals surface area contributed by atoms with Gasteiger partial charge in [0.25, 0.3) is 5.91 Å². The lowest BCUT2D eigenvalue weighted by atomic mass is 10.2. The van der Waals surface area contributed by atoms with Gasteiger partial charge in [-0.3, -0.25) is 10.1 Å². The van der Waals surface area contributed by atoms with Crippen LogP contribution in [0.15, 0.2) is 78.9 Å². The third kappa shape index (κ3) is 5.08. The molecule has 0 bridgehead atoms. The standard InChI is InChI=1S/C22H21N3O2S/c1-25(2)17-13-14-20(27-18-11-7-4-8-12-18)19(15-17)23-22(28)24-21(26)16-9-5-3-6-10-16/h3-15H,1-2H3,(H2,23,24,26,28). The van der Waals surface area contributed by atoms with Crippen molar-refractivity contribution >= 4 is 34.6 Å². The van der Waals surface area contributed by atoms with Crippen molar-refractivity contribution in [2.24, 2.45) is 0 Å². The fraction of sp³-hybridized carbons (Fsp3) is 0.0909. The SMILES string of the molecule is CN(C)c1ccc(Oc2ccccc2)c(NC(=S)NC(=O)c2ccccc2)c1. The Labute approximate surface area is 169 Å². The van der Waals surface area contributed by atoms with Gasteiger partial charge in [0, 0.05) is 25.3 Å². The number of nitrogens with zero attached hydrogens (tertiary/aromatic N) is 1. The van der Waals surface area contributed by atoms with E-state index in [0.29, 0.717) is 22.7 Å². The zero-order valence-electron chi connectivity index (χ0n) is 15.7. The number of hydrogen-bond acceptors (Lipinski definition) is 4. The molecule has 142 valence electrons. The van der Waals surface area contributed by atoms with E-state index in [1.54, 1.807) is 24.3 Å². The molecule has 0 saturated carbocycles. The Morgan fingerprint density at radius 3 is 2.21 bits per heavy atom. The zero-order chi connectivity index (χ0) is 19.9. The van der Waals surface area contributed by atoms with Gasteiger partial charge in [-0.2, -0.15) is 0 Å². The van der Waals surface area contributed by atoms with Crippen LogP contribution in [0.25, 0.3) is 0 Å². The number of ether oxygens (including phenoxy) is 1. The van der Waals surface area contributed by atoms with Gasteiger partial charge >= 0.3 is 0 Å². The summed E-state index contributed by atoms with van der Waals surface area (Å²) in [7, 11) is 3.90. The Morgan fingerprint density at radius 1 is 0.929 bits per heavy atom. The summed E-state index contributed by atoms with van der Waals surface area (Å²) in [5.74, 6) is 1.04. The van der Waals surface area contributed by atoms with Gasteiger partial charge in [-0.25, -0.2) is 0 Å². The highest BCUT2D eigenvalue weighted by Crippen LogP contribution is 2.32. The summed E-state index contributed by atoms with van der Waals surface area (Å²) >= 11 is 5.33. The number of nitrogens with one attached hydrogen (secondary N) is 2. The van der Waals surface area contributed by atoms with Gasteiger partial charge in [-0.15, -0.1) is 0 Å². The van der Waals surface area contributed by atoms with Crippen LogP contribution in [0, 0.1) is 0 Å². The molecule has 0 atom stereocenters. The van der Waals surface area contributed by atoms with Crippen molar-refractivity contribution in [1.82, 2.24) is 5.32 Å². The Balaban J connectivity index is 1.79. The molecule has 0 heterocycles. The van der Waals surface area contributed by atoms with E-state index in [9.17, 15) is 4.79 Å². The average Bonchev–Trinajstić information content (AvgIpc) is 2.70. The molecule has 0 fully saturated rings. The Kier molecular flexibility index (Phi) is 6.24. The van der Waals surface area contributed by atoms with Gasteiger partial charge in [0.05, 0.1) is 5.69 Å². The van der Waals surface area contributed by atoms with Crippen LogP contribution in [-0.2, 0) is 0 Å². The molecule has 3 aromatic carbocycles. The Hall–Kier alpha value is -3.38. The topological polar surface area (TPSA) is 53.6 Å². The summed E-state index contributed by atoms with van der Waals surface area (Å²) in [5, 5.41) is 5.97. The molecule has 5 nitrogen and oxygen atoms in total. The van der Waals surface area contributed by atoms with Crippen molar-refractivity contribution in [3.8, 4) is 11.5 Å². The zero-order valence-corrected chi connectivity index (χ0v) is 16.5. The number of benzene rings is 3. The number of carbonyl (C=O) groups excluding carboxylic acids is 1. The predicted molar refractivity (Wildman–Crippen MR) is 117 cm³/mol. The summed E-state index contributed by atoms with van der Waals surface area (Å²) in [4.78, 5) is 14.3. The molecular weight excluding hydrogens is 370 g/mol. The number of para-hydroxylation sites is 1. The molecular formula is C22H21N3O2S. The second-order valence-corrected chi connectivity index (χ2v) is 6.67. The third-order valence-corrected chi connectivity index (χ3v) is 4.17. The van der Waals surface area contributed by atoms with Crippen molar-refractivity contribution in [3.63, 3.8) is 0 Å². The normalized spacial score (nSPS) is 10.1. The molecule has 28 heavy (non-hydrogen) atoms. The Bertz CT molecular complexity index is 960. The van der Waals surface area contributed by atoms with Crippen LogP contribution in [-0.4, -0.2) is 25.1 Å². The second kappa shape index (κ2) is 9.01. The summed E-state index contributed by atoms with van der Waals surface area (Å²) in [6, 6.07) is 24.1. The maximum Gasteiger partial charge on any atom is 0.257 e. The van der Waals surface area contributed by atoms with E-state index < -0.39 is 0 Å². The number of thiocarbonyl (C=S) groups is 1. The minimum absolute atomic E-state index is 0.197. The summed E-state index contributed by atoms with van der Waals surface area (Å²) in [6.45, 7) is 0. The molecule has 0 saturated heterocycles. The first-order valence-electron chi connectivity index (χ1n) is 8.74. The largest absolute Gasteiger partial charge is 0.455 e. The molecule has 6 heteroatoms. The maximum absolute atomic E-state index is 12.3. The second-order valence-electron chi connectivity index (χ2n) is 6.26.